The number of nitrogens with one attached hydrogen (secondary N) is 1. The van der Waals surface area contributed by atoms with Crippen LogP contribution in [-0.4, -0.2) is 142 Å². The number of aromatic amines is 1. The van der Waals surface area contributed by atoms with Gasteiger partial charge in [0.25, 0.3) is 11.4 Å². The highest BCUT2D eigenvalue weighted by Gasteiger charge is 2.64. The van der Waals surface area contributed by atoms with Gasteiger partial charge in [-0.05, 0) is 26.8 Å². The minimum Gasteiger partial charge on any atom is -0.397 e. The first-order valence-corrected chi connectivity index (χ1v) is 26.2. The summed E-state index contributed by atoms with van der Waals surface area (Å²) >= 11 is 0. The molecular weight excluding hydrogens is 1040 g/mol. The van der Waals surface area contributed by atoms with Gasteiger partial charge in [-0.2, -0.15) is 17.2 Å². The summed E-state index contributed by atoms with van der Waals surface area (Å²) in [5, 5.41) is 41.9. The molecular formula is C24H37FN8O27P6. The van der Waals surface area contributed by atoms with E-state index in [-0.39, 0.29) is 33.8 Å². The molecule has 4 unspecified atom stereocenters. The van der Waals surface area contributed by atoms with Gasteiger partial charge in [-0.1, -0.05) is 0 Å². The number of nitrogen functional groups attached to an aromatic ring is 1. The fraction of sp³-hybridized carbons (Fsp3) is 0.542. The topological polar surface area (TPSA) is 539 Å². The number of halogens is 1. The van der Waals surface area contributed by atoms with Crippen LogP contribution in [-0.2, 0) is 63.2 Å². The summed E-state index contributed by atoms with van der Waals surface area (Å²) in [6.07, 6.45) is -5.52. The number of aliphatic hydroxyl groups excluding tert-OH is 3. The highest BCUT2D eigenvalue weighted by molar-refractivity contribution is 7.67. The van der Waals surface area contributed by atoms with E-state index in [0.717, 1.165) is 35.6 Å². The van der Waals surface area contributed by atoms with E-state index in [1.54, 1.807) is 0 Å². The molecule has 6 rings (SSSR count). The Kier molecular flexibility index (Phi) is 15.2. The molecule has 0 bridgehead atoms. The number of rotatable bonds is 16. The quantitative estimate of drug-likeness (QED) is 0.0565. The van der Waals surface area contributed by atoms with Gasteiger partial charge in [0.2, 0.25) is 0 Å². The van der Waals surface area contributed by atoms with Crippen molar-refractivity contribution in [3.8, 4) is 0 Å². The van der Waals surface area contributed by atoms with Crippen molar-refractivity contribution in [2.75, 3.05) is 18.9 Å². The Hall–Kier alpha value is -2.72. The van der Waals surface area contributed by atoms with Crippen LogP contribution in [0.25, 0.3) is 22.3 Å². The number of pyridine rings is 1. The van der Waals surface area contributed by atoms with Crippen molar-refractivity contribution in [3.63, 3.8) is 0 Å². The van der Waals surface area contributed by atoms with Crippen LogP contribution in [0.2, 0.25) is 0 Å². The van der Waals surface area contributed by atoms with E-state index in [0.29, 0.717) is 0 Å². The first-order chi connectivity index (χ1) is 29.8. The van der Waals surface area contributed by atoms with Crippen molar-refractivity contribution in [2.24, 2.45) is 0 Å². The van der Waals surface area contributed by atoms with Gasteiger partial charge in [-0.3, -0.25) is 23.0 Å². The molecule has 0 aromatic carbocycles. The van der Waals surface area contributed by atoms with Gasteiger partial charge in [0.1, 0.15) is 47.5 Å². The number of imidazole rings is 2. The van der Waals surface area contributed by atoms with Crippen LogP contribution in [0, 0.1) is 6.92 Å². The van der Waals surface area contributed by atoms with Crippen LogP contribution in [0.15, 0.2) is 29.7 Å². The molecule has 42 heteroatoms. The van der Waals surface area contributed by atoms with Crippen LogP contribution in [0.3, 0.4) is 0 Å². The first-order valence-electron chi connectivity index (χ1n) is 17.2. The van der Waals surface area contributed by atoms with Crippen molar-refractivity contribution in [3.05, 3.63) is 41.1 Å². The van der Waals surface area contributed by atoms with Crippen molar-refractivity contribution in [1.82, 2.24) is 34.1 Å². The summed E-state index contributed by atoms with van der Waals surface area (Å²) in [6.45, 7) is 0.923. The maximum absolute atomic E-state index is 15.3. The van der Waals surface area contributed by atoms with Gasteiger partial charge in [-0.15, -0.1) is 0 Å². The number of aliphatic hydroxyl groups is 4. The van der Waals surface area contributed by atoms with Crippen LogP contribution < -0.4 is 11.3 Å². The van der Waals surface area contributed by atoms with Gasteiger partial charge in [0.05, 0.1) is 24.9 Å². The van der Waals surface area contributed by atoms with Crippen LogP contribution >= 0.6 is 46.9 Å². The Bertz CT molecular complexity index is 2840. The summed E-state index contributed by atoms with van der Waals surface area (Å²) in [7, 11) is -34.0. The fourth-order valence-electron chi connectivity index (χ4n) is 6.00. The number of H-pyrrole nitrogens is 1. The van der Waals surface area contributed by atoms with E-state index in [1.165, 1.54) is 19.2 Å². The molecule has 2 aliphatic heterocycles. The smallest absolute Gasteiger partial charge is 0.397 e. The Morgan fingerprint density at radius 3 is 1.83 bits per heavy atom. The third-order valence-corrected chi connectivity index (χ3v) is 16.3. The molecule has 4 aromatic heterocycles. The highest BCUT2D eigenvalue weighted by atomic mass is 31.3. The number of hydrogen-bond donors (Lipinski definition) is 14. The van der Waals surface area contributed by atoms with Crippen molar-refractivity contribution in [1.29, 1.82) is 0 Å². The number of fused-ring (bicyclic) bond motifs is 2. The second-order valence-corrected chi connectivity index (χ2v) is 22.9. The molecule has 0 aliphatic carbocycles. The fourth-order valence-corrected chi connectivity index (χ4v) is 12.1. The number of anilines is 1. The minimum atomic E-state index is -5.85. The molecule has 12 atom stereocenters. The molecule has 372 valence electrons. The standard InChI is InChI=1S/C12H18FN4O13P3.C12H19N4O14P3/c1-11(19)9(18)12(13,4-27-32(23,24)30-33(25,26)29-31(20,21)22)28-10(11)17-5-16-7-6(14)2-3-15-8(7)17;1-5-14-9-6(10(19)15-5)13-4-16(9)11-7(17)8(18)12(2,28-11)3-27-32(23,24)30-33(25,26)29-31(20,21)22/h2-3,5,9-10,18-19H,4H2,1H3,(H2,14,15)(H,23,24)(H,25,26)(H2,20,21,22);4,7-8,11,17-18H,3H2,1-2H3,(H,23,24)(H,25,26)(H,14,15,19)(H2,20,21,22)/t9-,10+,11+,12+;7-,8+,11-,12-/m01/s1. The average Bonchev–Trinajstić information content (AvgIpc) is 3.85. The molecule has 0 saturated carbocycles. The highest BCUT2D eigenvalue weighted by Crippen LogP contribution is 2.68. The van der Waals surface area contributed by atoms with E-state index in [9.17, 15) is 67.3 Å². The number of hydrogen-bond acceptors (Lipinski definition) is 24. The van der Waals surface area contributed by atoms with Gasteiger partial charge in [-0.25, -0.2) is 51.7 Å². The maximum atomic E-state index is 15.3. The number of phosphoric acid groups is 6. The SMILES string of the molecule is C[C@]1(O)[C@H](n2cnc3c(N)ccnc32)O[C@](F)(COP(=O)(O)OP(=O)(O)OP(=O)(O)O)[C@H]1O.Cc1nc2c(ncn2[C@@H]2O[C@](C)(COP(=O)(O)OP(=O)(O)OP(=O)(O)O)[C@@H](O)[C@H]2O)c(=O)[nH]1. The van der Waals surface area contributed by atoms with Crippen LogP contribution in [0.5, 0.6) is 0 Å². The van der Waals surface area contributed by atoms with E-state index in [4.69, 9.17) is 39.7 Å². The molecule has 0 radical (unpaired) electrons. The molecule has 35 nitrogen and oxygen atoms in total. The van der Waals surface area contributed by atoms with E-state index in [1.807, 2.05) is 0 Å². The molecule has 4 aromatic rings. The number of aromatic nitrogens is 7. The number of phosphoric ester groups is 2. The number of alkyl halides is 1. The van der Waals surface area contributed by atoms with Gasteiger partial charge in [0, 0.05) is 6.20 Å². The third-order valence-electron chi connectivity index (χ3n) is 8.74. The lowest BCUT2D eigenvalue weighted by Crippen LogP contribution is -2.49. The Morgan fingerprint density at radius 1 is 0.773 bits per heavy atom. The zero-order valence-corrected chi connectivity index (χ0v) is 38.3. The number of ether oxygens (including phenoxy) is 2. The third kappa shape index (κ3) is 12.5. The van der Waals surface area contributed by atoms with E-state index >= 15 is 4.39 Å². The number of aryl methyl sites for hydroxylation is 1. The Labute approximate surface area is 364 Å². The molecule has 6 heterocycles. The molecule has 15 N–H and O–H groups in total. The van der Waals surface area contributed by atoms with Crippen molar-refractivity contribution < 1.29 is 127 Å². The maximum Gasteiger partial charge on any atom is 0.490 e. The second-order valence-electron chi connectivity index (χ2n) is 14.1. The monoisotopic (exact) mass is 1070 g/mol. The zero-order chi connectivity index (χ0) is 50.0. The number of nitrogens with zero attached hydrogens (tertiary/aromatic N) is 6. The predicted octanol–water partition coefficient (Wildman–Crippen LogP) is -1.56. The molecule has 2 saturated heterocycles. The van der Waals surface area contributed by atoms with Crippen molar-refractivity contribution in [2.45, 2.75) is 68.6 Å². The zero-order valence-electron chi connectivity index (χ0n) is 32.9. The van der Waals surface area contributed by atoms with Crippen LogP contribution in [0.4, 0.5) is 10.1 Å². The van der Waals surface area contributed by atoms with Gasteiger partial charge >= 0.3 is 46.9 Å². The summed E-state index contributed by atoms with van der Waals surface area (Å²) in [4.78, 5) is 102. The predicted molar refractivity (Wildman–Crippen MR) is 206 cm³/mol. The summed E-state index contributed by atoms with van der Waals surface area (Å²) < 4.78 is 119. The number of nitrogens with two attached hydrogens (primary N) is 1. The summed E-state index contributed by atoms with van der Waals surface area (Å²) in [5.41, 5.74) is 1.16. The molecule has 2 aliphatic rings. The lowest BCUT2D eigenvalue weighted by atomic mass is 9.95. The minimum absolute atomic E-state index is 0.00429. The normalized spacial score (nSPS) is 30.9. The lowest BCUT2D eigenvalue weighted by Gasteiger charge is -2.28. The lowest BCUT2D eigenvalue weighted by molar-refractivity contribution is -0.203. The van der Waals surface area contributed by atoms with E-state index < -0.39 is 114 Å². The van der Waals surface area contributed by atoms with Crippen molar-refractivity contribution >= 4 is 75.0 Å². The van der Waals surface area contributed by atoms with Gasteiger partial charge in [0.15, 0.2) is 29.3 Å². The molecule has 66 heavy (non-hydrogen) atoms. The molecule has 0 amide bonds. The van der Waals surface area contributed by atoms with E-state index in [2.05, 4.69) is 51.2 Å². The Balaban J connectivity index is 0.000000247. The average molecular weight is 1070 g/mol. The largest absolute Gasteiger partial charge is 0.490 e. The second kappa shape index (κ2) is 18.6. The molecule has 2 fully saturated rings. The summed E-state index contributed by atoms with van der Waals surface area (Å²) in [5.74, 6) is -3.19. The molecule has 0 spiro atoms. The van der Waals surface area contributed by atoms with Crippen LogP contribution in [0.1, 0.15) is 32.1 Å². The van der Waals surface area contributed by atoms with Gasteiger partial charge < -0.3 is 79.8 Å². The first kappa shape index (κ1) is 54.2. The summed E-state index contributed by atoms with van der Waals surface area (Å²) in [6, 6.07) is 1.42. The Morgan fingerprint density at radius 2 is 1.29 bits per heavy atom.